The molecule has 20 heavy (non-hydrogen) atoms. The fraction of sp³-hybridized carbons (Fsp3) is 0.800. The topological polar surface area (TPSA) is 202 Å². The maximum atomic E-state index is 11.1. The van der Waals surface area contributed by atoms with Gasteiger partial charge in [-0.3, -0.25) is 30.3 Å². The van der Waals surface area contributed by atoms with Gasteiger partial charge in [0.15, 0.2) is 19.8 Å². The molecule has 0 aliphatic rings. The summed E-state index contributed by atoms with van der Waals surface area (Å²) in [7, 11) is 0. The van der Waals surface area contributed by atoms with Gasteiger partial charge >= 0.3 is 18.5 Å². The number of hydrogen-bond acceptors (Lipinski definition) is 10. The Morgan fingerprint density at radius 2 is 1.45 bits per heavy atom. The summed E-state index contributed by atoms with van der Waals surface area (Å²) in [6.07, 6.45) is -1.80. The van der Waals surface area contributed by atoms with E-state index in [0.29, 0.717) is 0 Å². The van der Waals surface area contributed by atoms with Gasteiger partial charge in [-0.25, -0.2) is 14.9 Å². The zero-order valence-electron chi connectivity index (χ0n) is 9.73. The Balaban J connectivity index is 5.19. The van der Waals surface area contributed by atoms with Gasteiger partial charge in [0.1, 0.15) is 0 Å². The molecule has 0 rings (SSSR count). The maximum absolute atomic E-state index is 11.1. The highest BCUT2D eigenvalue weighted by Crippen LogP contribution is 2.13. The van der Waals surface area contributed by atoms with Crippen LogP contribution in [0.15, 0.2) is 0 Å². The van der Waals surface area contributed by atoms with Crippen molar-refractivity contribution in [1.82, 2.24) is 5.01 Å². The number of rotatable bonds is 7. The van der Waals surface area contributed by atoms with Crippen LogP contribution in [-0.2, 0) is 4.74 Å². The predicted molar refractivity (Wildman–Crippen MR) is 54.4 cm³/mol. The lowest BCUT2D eigenvalue weighted by molar-refractivity contribution is -0.970. The summed E-state index contributed by atoms with van der Waals surface area (Å²) in [6, 6.07) is 0. The Kier molecular flexibility index (Phi) is 5.19. The van der Waals surface area contributed by atoms with Crippen molar-refractivity contribution < 1.29 is 29.3 Å². The quantitative estimate of drug-likeness (QED) is 0.322. The minimum atomic E-state index is -4.02. The van der Waals surface area contributed by atoms with Crippen molar-refractivity contribution in [2.45, 2.75) is 12.7 Å². The minimum absolute atomic E-state index is 0.176. The zero-order chi connectivity index (χ0) is 16.1. The van der Waals surface area contributed by atoms with E-state index in [2.05, 4.69) is 4.74 Å². The van der Waals surface area contributed by atoms with Gasteiger partial charge in [-0.15, -0.1) is 0 Å². The summed E-state index contributed by atoms with van der Waals surface area (Å²) in [4.78, 5) is 47.3. The molecule has 0 spiro atoms. The molecule has 0 aromatic carbocycles. The summed E-state index contributed by atoms with van der Waals surface area (Å²) in [5.74, 6) is -4.02. The molecule has 112 valence electrons. The van der Waals surface area contributed by atoms with E-state index < -0.39 is 44.8 Å². The molecule has 0 aliphatic heterocycles. The van der Waals surface area contributed by atoms with Crippen molar-refractivity contribution in [3.05, 3.63) is 40.5 Å². The number of carbonyl (C=O) groups excluding carboxylic acids is 1. The van der Waals surface area contributed by atoms with E-state index >= 15 is 0 Å². The third kappa shape index (κ3) is 3.00. The molecule has 0 aliphatic carbocycles. The van der Waals surface area contributed by atoms with E-state index in [9.17, 15) is 45.3 Å². The Morgan fingerprint density at radius 1 is 1.05 bits per heavy atom. The van der Waals surface area contributed by atoms with Crippen LogP contribution in [0, 0.1) is 40.5 Å². The molecular weight excluding hydrogens is 290 g/mol. The minimum Gasteiger partial charge on any atom is -0.420 e. The normalized spacial score (nSPS) is 10.4. The molecule has 1 amide bonds. The lowest BCUT2D eigenvalue weighted by Crippen LogP contribution is -2.57. The van der Waals surface area contributed by atoms with Gasteiger partial charge in [-0.05, 0) is 11.9 Å². The molecule has 0 saturated heterocycles. The molecule has 0 aromatic rings. The zero-order valence-corrected chi connectivity index (χ0v) is 9.73. The Bertz CT molecular complexity index is 425. The Labute approximate surface area is 108 Å². The number of ether oxygens (including phenoxy) is 1. The summed E-state index contributed by atoms with van der Waals surface area (Å²) in [6.45, 7) is -1.27. The Hall–Kier alpha value is -3.13. The molecule has 0 saturated carbocycles. The van der Waals surface area contributed by atoms with E-state index in [-0.39, 0.29) is 5.01 Å². The number of hydrazine groups is 1. The lowest BCUT2D eigenvalue weighted by atomic mass is 10.4. The number of hydrogen-bond donors (Lipinski definition) is 0. The molecule has 0 heterocycles. The van der Waals surface area contributed by atoms with Gasteiger partial charge < -0.3 is 4.74 Å². The summed E-state index contributed by atoms with van der Waals surface area (Å²) < 4.78 is 3.93. The first kappa shape index (κ1) is 16.9. The number of amides is 1. The second kappa shape index (κ2) is 6.16. The van der Waals surface area contributed by atoms with E-state index in [1.54, 1.807) is 0 Å². The summed E-state index contributed by atoms with van der Waals surface area (Å²) in [5, 5.41) is 40.3. The van der Waals surface area contributed by atoms with Crippen molar-refractivity contribution in [2.24, 2.45) is 0 Å². The molecule has 0 bridgehead atoms. The summed E-state index contributed by atoms with van der Waals surface area (Å²) >= 11 is 0. The first-order chi connectivity index (χ1) is 9.11. The Morgan fingerprint density at radius 3 is 1.70 bits per heavy atom. The van der Waals surface area contributed by atoms with Gasteiger partial charge in [0, 0.05) is 0 Å². The highest BCUT2D eigenvalue weighted by molar-refractivity contribution is 5.65. The smallest absolute Gasteiger partial charge is 0.420 e. The second-order valence-electron chi connectivity index (χ2n) is 3.05. The van der Waals surface area contributed by atoms with Crippen LogP contribution in [-0.4, -0.2) is 49.8 Å². The predicted octanol–water partition coefficient (Wildman–Crippen LogP) is -0.879. The standard InChI is InChI=1S/C5H7N5O10/c1-2-6(10(18)19)4(11)20-3-5(7(12)13,8(14)15)9(16)17/h2-3H2,1H3. The second-order valence-corrected chi connectivity index (χ2v) is 3.05. The van der Waals surface area contributed by atoms with Gasteiger partial charge in [0.05, 0.1) is 6.54 Å². The van der Waals surface area contributed by atoms with Gasteiger partial charge in [0.25, 0.3) is 0 Å². The average Bonchev–Trinajstić information content (AvgIpc) is 2.28. The molecule has 15 nitrogen and oxygen atoms in total. The van der Waals surface area contributed by atoms with Gasteiger partial charge in [-0.1, -0.05) is 0 Å². The van der Waals surface area contributed by atoms with Crippen LogP contribution in [0.3, 0.4) is 0 Å². The molecule has 0 atom stereocenters. The SMILES string of the molecule is CCN(C(=O)OCC([N+](=O)[O-])([N+](=O)[O-])[N+](=O)[O-])[N+](=O)[O-]. The van der Waals surface area contributed by atoms with Crippen molar-refractivity contribution in [2.75, 3.05) is 13.2 Å². The van der Waals surface area contributed by atoms with Crippen molar-refractivity contribution in [1.29, 1.82) is 0 Å². The highest BCUT2D eigenvalue weighted by atomic mass is 16.7. The molecule has 15 heteroatoms. The third-order valence-electron chi connectivity index (χ3n) is 1.97. The van der Waals surface area contributed by atoms with Crippen LogP contribution in [0.25, 0.3) is 0 Å². The summed E-state index contributed by atoms with van der Waals surface area (Å²) in [5.41, 5.74) is 0. The first-order valence-electron chi connectivity index (χ1n) is 4.63. The van der Waals surface area contributed by atoms with Crippen molar-refractivity contribution in [3.63, 3.8) is 0 Å². The van der Waals surface area contributed by atoms with E-state index in [4.69, 9.17) is 0 Å². The van der Waals surface area contributed by atoms with E-state index in [1.807, 2.05) is 0 Å². The van der Waals surface area contributed by atoms with Crippen LogP contribution < -0.4 is 0 Å². The molecular formula is C5H7N5O10. The van der Waals surface area contributed by atoms with Crippen LogP contribution in [0.2, 0.25) is 0 Å². The molecule has 0 fully saturated rings. The van der Waals surface area contributed by atoms with Gasteiger partial charge in [-0.2, -0.15) is 0 Å². The van der Waals surface area contributed by atoms with Gasteiger partial charge in [0.2, 0.25) is 0 Å². The largest absolute Gasteiger partial charge is 0.734 e. The number of carbonyl (C=O) groups is 1. The molecule has 0 radical (unpaired) electrons. The molecule has 0 N–H and O–H groups in total. The van der Waals surface area contributed by atoms with E-state index in [1.165, 1.54) is 0 Å². The molecule has 0 aromatic heterocycles. The van der Waals surface area contributed by atoms with Crippen LogP contribution >= 0.6 is 0 Å². The van der Waals surface area contributed by atoms with Crippen molar-refractivity contribution in [3.8, 4) is 0 Å². The first-order valence-corrected chi connectivity index (χ1v) is 4.63. The molecule has 0 unspecified atom stereocenters. The highest BCUT2D eigenvalue weighted by Gasteiger charge is 2.72. The fourth-order valence-electron chi connectivity index (χ4n) is 0.902. The lowest BCUT2D eigenvalue weighted by Gasteiger charge is -2.11. The van der Waals surface area contributed by atoms with Crippen LogP contribution in [0.1, 0.15) is 6.92 Å². The van der Waals surface area contributed by atoms with E-state index in [0.717, 1.165) is 6.92 Å². The fourth-order valence-corrected chi connectivity index (χ4v) is 0.902. The third-order valence-corrected chi connectivity index (χ3v) is 1.97. The van der Waals surface area contributed by atoms with Crippen LogP contribution in [0.5, 0.6) is 0 Å². The monoisotopic (exact) mass is 297 g/mol. The van der Waals surface area contributed by atoms with Crippen LogP contribution in [0.4, 0.5) is 4.79 Å². The maximum Gasteiger partial charge on any atom is 0.734 e. The average molecular weight is 297 g/mol. The number of nitrogens with zero attached hydrogens (tertiary/aromatic N) is 5. The van der Waals surface area contributed by atoms with Crippen molar-refractivity contribution >= 4 is 6.09 Å². The number of nitro groups is 4.